The fraction of sp³-hybridized carbons (Fsp3) is 0.929. The smallest absolute Gasteiger partial charge is 0.303 e. The fourth-order valence-electron chi connectivity index (χ4n) is 1.94. The van der Waals surface area contributed by atoms with Crippen LogP contribution >= 0.6 is 0 Å². The number of hydrogen-bond acceptors (Lipinski definition) is 1. The monoisotopic (exact) mass is 433 g/mol. The van der Waals surface area contributed by atoms with Crippen molar-refractivity contribution in [3.05, 3.63) is 0 Å². The molecule has 0 heterocycles. The predicted octanol–water partition coefficient (Wildman–Crippen LogP) is 4.39. The Kier molecular flexibility index (Phi) is 19.0. The molecule has 0 bridgehead atoms. The van der Waals surface area contributed by atoms with Crippen LogP contribution in [0.15, 0.2) is 0 Å². The maximum atomic E-state index is 10.3. The summed E-state index contributed by atoms with van der Waals surface area (Å²) >= 11 is 0. The summed E-state index contributed by atoms with van der Waals surface area (Å²) in [6, 6.07) is 0. The van der Waals surface area contributed by atoms with Gasteiger partial charge in [-0.1, -0.05) is 71.1 Å². The van der Waals surface area contributed by atoms with Gasteiger partial charge in [0.25, 0.3) is 0 Å². The molecule has 3 heteroatoms. The number of rotatable bonds is 12. The van der Waals surface area contributed by atoms with Crippen LogP contribution in [0.2, 0.25) is 0 Å². The van der Waals surface area contributed by atoms with Gasteiger partial charge >= 0.3 is 5.97 Å². The second-order valence-electron chi connectivity index (χ2n) is 4.68. The Morgan fingerprint density at radius 1 is 0.765 bits per heavy atom. The first-order chi connectivity index (χ1) is 7.77. The molecule has 0 aliphatic carbocycles. The average Bonchev–Trinajstić information content (AvgIpc) is 2.25. The van der Waals surface area contributed by atoms with E-state index in [1.165, 1.54) is 57.8 Å². The molecular formula is C14H28O2Tl. The van der Waals surface area contributed by atoms with Crippen molar-refractivity contribution in [3.8, 4) is 0 Å². The van der Waals surface area contributed by atoms with Gasteiger partial charge in [0.1, 0.15) is 0 Å². The van der Waals surface area contributed by atoms with Crippen molar-refractivity contribution in [2.75, 3.05) is 0 Å². The number of carboxylic acids is 1. The third-order valence-corrected chi connectivity index (χ3v) is 2.99. The van der Waals surface area contributed by atoms with Crippen LogP contribution in [-0.2, 0) is 4.79 Å². The Balaban J connectivity index is 0. The number of carboxylic acid groups (broad SMARTS) is 1. The van der Waals surface area contributed by atoms with E-state index in [1.807, 2.05) is 0 Å². The van der Waals surface area contributed by atoms with Gasteiger partial charge in [0.05, 0.1) is 0 Å². The molecule has 0 aromatic rings. The summed E-state index contributed by atoms with van der Waals surface area (Å²) in [5.74, 6) is -0.657. The van der Waals surface area contributed by atoms with Gasteiger partial charge in [-0.25, -0.2) is 0 Å². The first-order valence-corrected chi connectivity index (χ1v) is 6.99. The summed E-state index contributed by atoms with van der Waals surface area (Å²) < 4.78 is 0. The van der Waals surface area contributed by atoms with Crippen LogP contribution in [0.3, 0.4) is 0 Å². The quantitative estimate of drug-likeness (QED) is 0.367. The molecule has 0 aliphatic rings. The standard InChI is InChI=1S/C14H28O2.Tl/c1-2-3-4-5-6-7-8-9-10-11-12-13-14(15)16;/h2-13H2,1H3,(H,15,16);. The molecule has 0 spiro atoms. The van der Waals surface area contributed by atoms with Crippen LogP contribution < -0.4 is 0 Å². The third-order valence-electron chi connectivity index (χ3n) is 2.99. The molecule has 0 fully saturated rings. The first kappa shape index (κ1) is 19.7. The van der Waals surface area contributed by atoms with Gasteiger partial charge in [-0.2, -0.15) is 0 Å². The molecule has 0 saturated carbocycles. The molecule has 0 rings (SSSR count). The Morgan fingerprint density at radius 2 is 1.12 bits per heavy atom. The van der Waals surface area contributed by atoms with Crippen LogP contribution in [0.5, 0.6) is 0 Å². The van der Waals surface area contributed by atoms with E-state index in [0.29, 0.717) is 6.42 Å². The number of carbonyl (C=O) groups is 1. The van der Waals surface area contributed by atoms with Crippen molar-refractivity contribution in [3.63, 3.8) is 0 Å². The zero-order valence-electron chi connectivity index (χ0n) is 11.4. The topological polar surface area (TPSA) is 37.3 Å². The molecule has 0 aliphatic heterocycles. The molecule has 1 radical (unpaired) electrons. The van der Waals surface area contributed by atoms with Crippen LogP contribution in [-0.4, -0.2) is 38.4 Å². The molecule has 17 heavy (non-hydrogen) atoms. The number of hydrogen-bond donors (Lipinski definition) is 1. The summed E-state index contributed by atoms with van der Waals surface area (Å²) in [6.07, 6.45) is 14.4. The minimum Gasteiger partial charge on any atom is -0.481 e. The summed E-state index contributed by atoms with van der Waals surface area (Å²) in [5, 5.41) is 8.46. The normalized spacial score (nSPS) is 9.94. The van der Waals surface area contributed by atoms with E-state index in [9.17, 15) is 4.79 Å². The molecule has 0 amide bonds. The summed E-state index contributed by atoms with van der Waals surface area (Å²) in [4.78, 5) is 10.3. The molecule has 0 atom stereocenters. The van der Waals surface area contributed by atoms with Crippen LogP contribution in [0.4, 0.5) is 0 Å². The summed E-state index contributed by atoms with van der Waals surface area (Å²) in [6.45, 7) is 2.25. The van der Waals surface area contributed by atoms with Crippen molar-refractivity contribution >= 4 is 33.3 Å². The molecule has 1 N–H and O–H groups in total. The van der Waals surface area contributed by atoms with Crippen LogP contribution in [0.25, 0.3) is 0 Å². The predicted molar refractivity (Wildman–Crippen MR) is 74.5 cm³/mol. The Morgan fingerprint density at radius 3 is 1.47 bits per heavy atom. The third kappa shape index (κ3) is 18.9. The average molecular weight is 433 g/mol. The van der Waals surface area contributed by atoms with Crippen molar-refractivity contribution in [2.24, 2.45) is 0 Å². The van der Waals surface area contributed by atoms with E-state index in [-0.39, 0.29) is 27.3 Å². The van der Waals surface area contributed by atoms with Crippen molar-refractivity contribution in [2.45, 2.75) is 84.0 Å². The van der Waals surface area contributed by atoms with Gasteiger partial charge in [0, 0.05) is 33.7 Å². The van der Waals surface area contributed by atoms with Gasteiger partial charge in [0.15, 0.2) is 0 Å². The summed E-state index contributed by atoms with van der Waals surface area (Å²) in [7, 11) is 0. The van der Waals surface area contributed by atoms with E-state index < -0.39 is 5.97 Å². The van der Waals surface area contributed by atoms with Crippen molar-refractivity contribution in [1.82, 2.24) is 0 Å². The molecule has 0 unspecified atom stereocenters. The van der Waals surface area contributed by atoms with Gasteiger partial charge < -0.3 is 5.11 Å². The number of aliphatic carboxylic acids is 1. The van der Waals surface area contributed by atoms with Crippen LogP contribution in [0, 0.1) is 0 Å². The molecule has 99 valence electrons. The van der Waals surface area contributed by atoms with Gasteiger partial charge in [-0.3, -0.25) is 4.79 Å². The van der Waals surface area contributed by atoms with Gasteiger partial charge in [-0.15, -0.1) is 0 Å². The first-order valence-electron chi connectivity index (χ1n) is 6.99. The van der Waals surface area contributed by atoms with E-state index >= 15 is 0 Å². The number of unbranched alkanes of at least 4 members (excludes halogenated alkanes) is 10. The zero-order chi connectivity index (χ0) is 12.1. The maximum absolute atomic E-state index is 10.3. The summed E-state index contributed by atoms with van der Waals surface area (Å²) in [5.41, 5.74) is 0. The Bertz CT molecular complexity index is 160. The van der Waals surface area contributed by atoms with E-state index in [4.69, 9.17) is 5.11 Å². The fourth-order valence-corrected chi connectivity index (χ4v) is 1.94. The Labute approximate surface area is 127 Å². The molecular weight excluding hydrogens is 405 g/mol. The minimum atomic E-state index is -0.657. The zero-order valence-corrected chi connectivity index (χ0v) is 15.9. The van der Waals surface area contributed by atoms with Crippen molar-refractivity contribution in [1.29, 1.82) is 0 Å². The molecule has 0 aromatic heterocycles. The molecule has 2 nitrogen and oxygen atoms in total. The van der Waals surface area contributed by atoms with Crippen molar-refractivity contribution < 1.29 is 9.90 Å². The molecule has 0 aromatic carbocycles. The van der Waals surface area contributed by atoms with E-state index in [1.54, 1.807) is 0 Å². The van der Waals surface area contributed by atoms with E-state index in [2.05, 4.69) is 6.92 Å². The minimum absolute atomic E-state index is 0. The van der Waals surface area contributed by atoms with Gasteiger partial charge in [-0.05, 0) is 6.42 Å². The Hall–Kier alpha value is 0.392. The second-order valence-corrected chi connectivity index (χ2v) is 4.68. The SMILES string of the molecule is CCCCCCCCCCCCCC(=O)O.[Tl]. The van der Waals surface area contributed by atoms with Crippen LogP contribution in [0.1, 0.15) is 84.0 Å². The van der Waals surface area contributed by atoms with E-state index in [0.717, 1.165) is 12.8 Å². The van der Waals surface area contributed by atoms with Gasteiger partial charge in [0.2, 0.25) is 0 Å². The molecule has 0 saturated heterocycles. The largest absolute Gasteiger partial charge is 0.481 e. The maximum Gasteiger partial charge on any atom is 0.303 e. The second kappa shape index (κ2) is 16.4.